The van der Waals surface area contributed by atoms with Crippen molar-refractivity contribution in [2.75, 3.05) is 39.6 Å². The number of methoxy groups -OCH3 is 1. The molecule has 0 aromatic carbocycles. The number of rotatable bonds is 7. The van der Waals surface area contributed by atoms with Crippen LogP contribution in [0.4, 0.5) is 5.69 Å². The molecule has 0 radical (unpaired) electrons. The van der Waals surface area contributed by atoms with Crippen LogP contribution < -0.4 is 11.1 Å². The van der Waals surface area contributed by atoms with Crippen LogP contribution >= 0.6 is 0 Å². The van der Waals surface area contributed by atoms with Gasteiger partial charge in [-0.25, -0.2) is 0 Å². The van der Waals surface area contributed by atoms with Gasteiger partial charge in [0, 0.05) is 26.9 Å². The van der Waals surface area contributed by atoms with E-state index in [1.807, 2.05) is 0 Å². The minimum Gasteiger partial charge on any atom is -0.396 e. The number of ether oxygens (including phenoxy) is 1. The molecule has 1 rings (SSSR count). The molecule has 0 aliphatic carbocycles. The van der Waals surface area contributed by atoms with Gasteiger partial charge in [0.25, 0.3) is 0 Å². The second-order valence-corrected chi connectivity index (χ2v) is 4.06. The predicted molar refractivity (Wildman–Crippen MR) is 69.2 cm³/mol. The minimum absolute atomic E-state index is 0.000696. The second-order valence-electron chi connectivity index (χ2n) is 4.06. The fourth-order valence-corrected chi connectivity index (χ4v) is 1.38. The largest absolute Gasteiger partial charge is 0.396 e. The summed E-state index contributed by atoms with van der Waals surface area (Å²) < 4.78 is 6.23. The summed E-state index contributed by atoms with van der Waals surface area (Å²) >= 11 is 0. The Morgan fingerprint density at radius 2 is 2.32 bits per heavy atom. The van der Waals surface area contributed by atoms with Gasteiger partial charge in [-0.1, -0.05) is 0 Å². The van der Waals surface area contributed by atoms with Gasteiger partial charge in [-0.2, -0.15) is 5.10 Å². The Labute approximate surface area is 111 Å². The Balaban J connectivity index is 2.34. The standard InChI is InChI=1S/C11H19N5O3/c1-15(7-10(17)13-3-4-19-2)11(18)8-16-6-9(12)5-14-16/h5-6H,3-4,7-8,12H2,1-2H3,(H,13,17). The Morgan fingerprint density at radius 1 is 1.58 bits per heavy atom. The van der Waals surface area contributed by atoms with Crippen LogP contribution in [0, 0.1) is 0 Å². The zero-order valence-electron chi connectivity index (χ0n) is 11.1. The summed E-state index contributed by atoms with van der Waals surface area (Å²) in [7, 11) is 3.11. The molecule has 8 heteroatoms. The van der Waals surface area contributed by atoms with E-state index in [-0.39, 0.29) is 24.9 Å². The van der Waals surface area contributed by atoms with E-state index in [2.05, 4.69) is 10.4 Å². The predicted octanol–water partition coefficient (Wildman–Crippen LogP) is -1.31. The molecular weight excluding hydrogens is 250 g/mol. The molecule has 0 unspecified atom stereocenters. The molecule has 0 fully saturated rings. The van der Waals surface area contributed by atoms with Gasteiger partial charge in [-0.3, -0.25) is 14.3 Å². The van der Waals surface area contributed by atoms with Gasteiger partial charge in [0.1, 0.15) is 6.54 Å². The smallest absolute Gasteiger partial charge is 0.244 e. The lowest BCUT2D eigenvalue weighted by Gasteiger charge is -2.16. The Morgan fingerprint density at radius 3 is 2.89 bits per heavy atom. The molecule has 19 heavy (non-hydrogen) atoms. The maximum atomic E-state index is 11.8. The number of nitrogens with one attached hydrogen (secondary N) is 1. The van der Waals surface area contributed by atoms with Crippen LogP contribution in [-0.2, 0) is 20.9 Å². The fraction of sp³-hybridized carbons (Fsp3) is 0.545. The van der Waals surface area contributed by atoms with Crippen LogP contribution in [0.25, 0.3) is 0 Å². The van der Waals surface area contributed by atoms with Gasteiger partial charge in [-0.15, -0.1) is 0 Å². The van der Waals surface area contributed by atoms with E-state index in [4.69, 9.17) is 10.5 Å². The number of hydrogen-bond acceptors (Lipinski definition) is 5. The molecule has 0 aliphatic heterocycles. The van der Waals surface area contributed by atoms with E-state index in [9.17, 15) is 9.59 Å². The summed E-state index contributed by atoms with van der Waals surface area (Å²) in [6, 6.07) is 0. The zero-order valence-corrected chi connectivity index (χ0v) is 11.1. The molecular formula is C11H19N5O3. The van der Waals surface area contributed by atoms with Crippen molar-refractivity contribution in [2.45, 2.75) is 6.54 Å². The quantitative estimate of drug-likeness (QED) is 0.598. The van der Waals surface area contributed by atoms with Gasteiger partial charge < -0.3 is 20.7 Å². The number of likely N-dealkylation sites (N-methyl/N-ethyl adjacent to an activating group) is 1. The number of nitrogens with two attached hydrogens (primary N) is 1. The molecule has 0 spiro atoms. The lowest BCUT2D eigenvalue weighted by Crippen LogP contribution is -2.40. The lowest BCUT2D eigenvalue weighted by molar-refractivity contribution is -0.135. The average Bonchev–Trinajstić information content (AvgIpc) is 2.75. The first kappa shape index (κ1) is 15.0. The van der Waals surface area contributed by atoms with E-state index >= 15 is 0 Å². The number of amides is 2. The van der Waals surface area contributed by atoms with Gasteiger partial charge in [0.2, 0.25) is 11.8 Å². The first-order valence-electron chi connectivity index (χ1n) is 5.80. The molecule has 1 aromatic heterocycles. The van der Waals surface area contributed by atoms with Gasteiger partial charge >= 0.3 is 0 Å². The molecule has 0 saturated carbocycles. The Bertz CT molecular complexity index is 432. The highest BCUT2D eigenvalue weighted by Crippen LogP contribution is 1.98. The van der Waals surface area contributed by atoms with Crippen LogP contribution in [0.1, 0.15) is 0 Å². The molecule has 8 nitrogen and oxygen atoms in total. The summed E-state index contributed by atoms with van der Waals surface area (Å²) in [5.74, 6) is -0.446. The lowest BCUT2D eigenvalue weighted by atomic mass is 10.4. The molecule has 3 N–H and O–H groups in total. The van der Waals surface area contributed by atoms with E-state index in [0.717, 1.165) is 0 Å². The monoisotopic (exact) mass is 269 g/mol. The average molecular weight is 269 g/mol. The molecule has 1 aromatic rings. The molecule has 0 bridgehead atoms. The van der Waals surface area contributed by atoms with Crippen molar-refractivity contribution in [2.24, 2.45) is 0 Å². The summed E-state index contributed by atoms with van der Waals surface area (Å²) in [5, 5.41) is 6.54. The van der Waals surface area contributed by atoms with Gasteiger partial charge in [-0.05, 0) is 0 Å². The number of nitrogens with zero attached hydrogens (tertiary/aromatic N) is 3. The SMILES string of the molecule is COCCNC(=O)CN(C)C(=O)Cn1cc(N)cn1. The topological polar surface area (TPSA) is 102 Å². The highest BCUT2D eigenvalue weighted by molar-refractivity contribution is 5.84. The zero-order chi connectivity index (χ0) is 14.3. The second kappa shape index (κ2) is 7.37. The first-order chi connectivity index (χ1) is 9.02. The van der Waals surface area contributed by atoms with E-state index < -0.39 is 0 Å². The van der Waals surface area contributed by atoms with Gasteiger partial charge in [0.05, 0.1) is 25.0 Å². The van der Waals surface area contributed by atoms with Crippen LogP contribution in [0.2, 0.25) is 0 Å². The number of hydrogen-bond donors (Lipinski definition) is 2. The molecule has 0 aliphatic rings. The van der Waals surface area contributed by atoms with Crippen molar-refractivity contribution >= 4 is 17.5 Å². The van der Waals surface area contributed by atoms with Crippen LogP contribution in [-0.4, -0.2) is 60.3 Å². The number of anilines is 1. The van der Waals surface area contributed by atoms with Crippen molar-refractivity contribution in [3.05, 3.63) is 12.4 Å². The van der Waals surface area contributed by atoms with Crippen LogP contribution in [0.15, 0.2) is 12.4 Å². The highest BCUT2D eigenvalue weighted by atomic mass is 16.5. The highest BCUT2D eigenvalue weighted by Gasteiger charge is 2.13. The van der Waals surface area contributed by atoms with E-state index in [1.165, 1.54) is 15.8 Å². The van der Waals surface area contributed by atoms with Crippen molar-refractivity contribution in [1.82, 2.24) is 20.0 Å². The van der Waals surface area contributed by atoms with Crippen molar-refractivity contribution < 1.29 is 14.3 Å². The van der Waals surface area contributed by atoms with Crippen LogP contribution in [0.5, 0.6) is 0 Å². The van der Waals surface area contributed by atoms with Crippen molar-refractivity contribution in [3.63, 3.8) is 0 Å². The third-order valence-electron chi connectivity index (χ3n) is 2.39. The summed E-state index contributed by atoms with van der Waals surface area (Å²) in [5.41, 5.74) is 5.99. The normalized spacial score (nSPS) is 10.2. The number of aromatic nitrogens is 2. The van der Waals surface area contributed by atoms with E-state index in [0.29, 0.717) is 18.8 Å². The Kier molecular flexibility index (Phi) is 5.80. The summed E-state index contributed by atoms with van der Waals surface area (Å²) in [4.78, 5) is 24.6. The molecule has 1 heterocycles. The third-order valence-corrected chi connectivity index (χ3v) is 2.39. The molecule has 0 atom stereocenters. The molecule has 2 amide bonds. The number of carbonyl (C=O) groups is 2. The third kappa shape index (κ3) is 5.38. The summed E-state index contributed by atoms with van der Waals surface area (Å²) in [6.07, 6.45) is 3.02. The Hall–Kier alpha value is -2.09. The van der Waals surface area contributed by atoms with E-state index in [1.54, 1.807) is 20.4 Å². The van der Waals surface area contributed by atoms with Crippen molar-refractivity contribution in [1.29, 1.82) is 0 Å². The molecule has 106 valence electrons. The minimum atomic E-state index is -0.229. The maximum Gasteiger partial charge on any atom is 0.244 e. The molecule has 0 saturated heterocycles. The first-order valence-corrected chi connectivity index (χ1v) is 5.80. The fourth-order valence-electron chi connectivity index (χ4n) is 1.38. The van der Waals surface area contributed by atoms with Gasteiger partial charge in [0.15, 0.2) is 0 Å². The number of nitrogen functional groups attached to an aromatic ring is 1. The van der Waals surface area contributed by atoms with Crippen molar-refractivity contribution in [3.8, 4) is 0 Å². The maximum absolute atomic E-state index is 11.8. The van der Waals surface area contributed by atoms with Crippen LogP contribution in [0.3, 0.4) is 0 Å². The number of carbonyl (C=O) groups excluding carboxylic acids is 2. The summed E-state index contributed by atoms with van der Waals surface area (Å²) in [6.45, 7) is 0.918.